The monoisotopic (exact) mass is 348 g/mol. The molecule has 0 bridgehead atoms. The molecule has 0 saturated heterocycles. The summed E-state index contributed by atoms with van der Waals surface area (Å²) < 4.78 is 39.8. The third-order valence-electron chi connectivity index (χ3n) is 3.94. The number of rotatable bonds is 5. The Balaban J connectivity index is 1.83. The Morgan fingerprint density at radius 2 is 1.76 bits per heavy atom. The number of benzene rings is 2. The molecule has 3 aromatic rings. The van der Waals surface area contributed by atoms with Gasteiger partial charge in [0.25, 0.3) is 5.56 Å². The predicted octanol–water partition coefficient (Wildman–Crippen LogP) is 2.77. The molecular formula is C18H15F3N2O2. The molecule has 1 aromatic heterocycles. The number of aliphatic hydroxyl groups excluding tert-OH is 1. The number of H-pyrrole nitrogens is 1. The second-order valence-electron chi connectivity index (χ2n) is 5.63. The van der Waals surface area contributed by atoms with Crippen LogP contribution in [0.3, 0.4) is 0 Å². The third-order valence-corrected chi connectivity index (χ3v) is 3.94. The number of aliphatic hydroxyl groups is 1. The van der Waals surface area contributed by atoms with Crippen molar-refractivity contribution >= 4 is 10.8 Å². The van der Waals surface area contributed by atoms with Gasteiger partial charge < -0.3 is 15.4 Å². The lowest BCUT2D eigenvalue weighted by Crippen LogP contribution is -2.26. The molecule has 0 saturated carbocycles. The Kier molecular flexibility index (Phi) is 4.87. The van der Waals surface area contributed by atoms with E-state index in [0.29, 0.717) is 11.1 Å². The van der Waals surface area contributed by atoms with E-state index in [1.165, 1.54) is 0 Å². The van der Waals surface area contributed by atoms with Crippen molar-refractivity contribution in [1.29, 1.82) is 0 Å². The van der Waals surface area contributed by atoms with Gasteiger partial charge in [-0.3, -0.25) is 4.79 Å². The molecular weight excluding hydrogens is 333 g/mol. The van der Waals surface area contributed by atoms with E-state index in [1.54, 1.807) is 30.3 Å². The minimum atomic E-state index is -1.56. The Hall–Kier alpha value is -2.64. The van der Waals surface area contributed by atoms with E-state index in [1.807, 2.05) is 0 Å². The molecule has 3 N–H and O–H groups in total. The number of aromatic nitrogens is 1. The smallest absolute Gasteiger partial charge is 0.256 e. The number of aromatic amines is 1. The summed E-state index contributed by atoms with van der Waals surface area (Å²) in [5.41, 5.74) is 0.363. The summed E-state index contributed by atoms with van der Waals surface area (Å²) in [6, 6.07) is 9.66. The molecule has 4 nitrogen and oxygen atoms in total. The third kappa shape index (κ3) is 3.57. The van der Waals surface area contributed by atoms with Gasteiger partial charge in [0.1, 0.15) is 0 Å². The van der Waals surface area contributed by atoms with E-state index in [4.69, 9.17) is 0 Å². The van der Waals surface area contributed by atoms with Crippen LogP contribution in [0.25, 0.3) is 10.8 Å². The Labute approximate surface area is 140 Å². The van der Waals surface area contributed by atoms with Crippen molar-refractivity contribution in [2.24, 2.45) is 0 Å². The summed E-state index contributed by atoms with van der Waals surface area (Å²) in [5, 5.41) is 13.7. The van der Waals surface area contributed by atoms with Crippen molar-refractivity contribution in [2.45, 2.75) is 12.6 Å². The van der Waals surface area contributed by atoms with Crippen LogP contribution < -0.4 is 10.9 Å². The molecule has 130 valence electrons. The fraction of sp³-hybridized carbons (Fsp3) is 0.167. The molecule has 0 aliphatic rings. The quantitative estimate of drug-likeness (QED) is 0.621. The highest BCUT2D eigenvalue weighted by atomic mass is 19.2. The van der Waals surface area contributed by atoms with Gasteiger partial charge in [0.15, 0.2) is 17.5 Å². The average Bonchev–Trinajstić information content (AvgIpc) is 2.60. The van der Waals surface area contributed by atoms with Gasteiger partial charge in [-0.2, -0.15) is 0 Å². The summed E-state index contributed by atoms with van der Waals surface area (Å²) in [6.45, 7) is -0.311. The maximum Gasteiger partial charge on any atom is 0.256 e. The Bertz CT molecular complexity index is 949. The van der Waals surface area contributed by atoms with Crippen LogP contribution in [0.4, 0.5) is 13.2 Å². The lowest BCUT2D eigenvalue weighted by molar-refractivity contribution is 0.242. The number of hydrogen-bond acceptors (Lipinski definition) is 3. The highest BCUT2D eigenvalue weighted by Gasteiger charge is 2.17. The van der Waals surface area contributed by atoms with Crippen LogP contribution >= 0.6 is 0 Å². The van der Waals surface area contributed by atoms with Crippen molar-refractivity contribution < 1.29 is 18.3 Å². The van der Waals surface area contributed by atoms with Crippen molar-refractivity contribution in [3.8, 4) is 0 Å². The highest BCUT2D eigenvalue weighted by molar-refractivity contribution is 5.81. The molecule has 0 spiro atoms. The molecule has 1 heterocycles. The van der Waals surface area contributed by atoms with Crippen LogP contribution in [0.5, 0.6) is 0 Å². The van der Waals surface area contributed by atoms with Crippen molar-refractivity contribution in [1.82, 2.24) is 10.3 Å². The van der Waals surface area contributed by atoms with Crippen LogP contribution in [0.2, 0.25) is 0 Å². The minimum Gasteiger partial charge on any atom is -0.394 e. The van der Waals surface area contributed by atoms with E-state index in [0.717, 1.165) is 17.5 Å². The van der Waals surface area contributed by atoms with E-state index < -0.39 is 30.1 Å². The van der Waals surface area contributed by atoms with Crippen molar-refractivity contribution in [3.63, 3.8) is 0 Å². The molecule has 0 unspecified atom stereocenters. The van der Waals surface area contributed by atoms with Gasteiger partial charge in [0.2, 0.25) is 0 Å². The van der Waals surface area contributed by atoms with Crippen LogP contribution in [0, 0.1) is 17.5 Å². The largest absolute Gasteiger partial charge is 0.394 e. The minimum absolute atomic E-state index is 0.0713. The molecule has 3 rings (SSSR count). The number of fused-ring (bicyclic) bond motifs is 1. The number of halogens is 3. The van der Waals surface area contributed by atoms with Gasteiger partial charge in [-0.25, -0.2) is 13.2 Å². The maximum atomic E-state index is 13.4. The zero-order chi connectivity index (χ0) is 18.0. The van der Waals surface area contributed by atoms with Crippen LogP contribution in [0.1, 0.15) is 17.3 Å². The first-order valence-corrected chi connectivity index (χ1v) is 7.59. The molecule has 0 aliphatic carbocycles. The summed E-state index contributed by atoms with van der Waals surface area (Å²) in [7, 11) is 0. The first-order valence-electron chi connectivity index (χ1n) is 7.59. The summed E-state index contributed by atoms with van der Waals surface area (Å²) >= 11 is 0. The molecule has 0 fully saturated rings. The first-order chi connectivity index (χ1) is 12.0. The van der Waals surface area contributed by atoms with E-state index >= 15 is 0 Å². The molecule has 7 heteroatoms. The van der Waals surface area contributed by atoms with Crippen molar-refractivity contribution in [2.75, 3.05) is 6.61 Å². The van der Waals surface area contributed by atoms with Gasteiger partial charge in [-0.1, -0.05) is 18.2 Å². The second-order valence-corrected chi connectivity index (χ2v) is 5.63. The molecule has 0 radical (unpaired) electrons. The Morgan fingerprint density at radius 3 is 2.44 bits per heavy atom. The van der Waals surface area contributed by atoms with E-state index in [-0.39, 0.29) is 17.7 Å². The lowest BCUT2D eigenvalue weighted by atomic mass is 10.1. The number of nitrogens with one attached hydrogen (secondary N) is 2. The summed E-state index contributed by atoms with van der Waals surface area (Å²) in [4.78, 5) is 14.7. The predicted molar refractivity (Wildman–Crippen MR) is 87.6 cm³/mol. The van der Waals surface area contributed by atoms with Crippen LogP contribution in [-0.4, -0.2) is 16.7 Å². The maximum absolute atomic E-state index is 13.4. The van der Waals surface area contributed by atoms with Gasteiger partial charge >= 0.3 is 0 Å². The van der Waals surface area contributed by atoms with Crippen molar-refractivity contribution in [3.05, 3.63) is 81.5 Å². The number of pyridine rings is 1. The van der Waals surface area contributed by atoms with Gasteiger partial charge in [0.05, 0.1) is 12.6 Å². The zero-order valence-electron chi connectivity index (χ0n) is 13.0. The topological polar surface area (TPSA) is 65.1 Å². The second kappa shape index (κ2) is 7.08. The molecule has 1 atom stereocenters. The normalized spacial score (nSPS) is 12.5. The average molecular weight is 348 g/mol. The van der Waals surface area contributed by atoms with E-state index in [9.17, 15) is 23.1 Å². The summed E-state index contributed by atoms with van der Waals surface area (Å²) in [5.74, 6) is -4.21. The molecule has 25 heavy (non-hydrogen) atoms. The van der Waals surface area contributed by atoms with Crippen LogP contribution in [-0.2, 0) is 6.54 Å². The first kappa shape index (κ1) is 17.2. The van der Waals surface area contributed by atoms with Crippen LogP contribution in [0.15, 0.2) is 47.3 Å². The molecule has 0 aliphatic heterocycles. The standard InChI is InChI=1S/C18H15F3N2O2/c19-14-6-11(7-15(20)17(14)21)16(9-24)22-8-12-5-10-3-1-2-4-13(10)18(25)23-12/h1-7,16,22,24H,8-9H2,(H,23,25)/t16-/m0/s1. The fourth-order valence-electron chi connectivity index (χ4n) is 2.66. The van der Waals surface area contributed by atoms with Gasteiger partial charge in [-0.05, 0) is 35.2 Å². The number of hydrogen-bond donors (Lipinski definition) is 3. The summed E-state index contributed by atoms with van der Waals surface area (Å²) in [6.07, 6.45) is 0. The SMILES string of the molecule is O=c1[nH]c(CN[C@@H](CO)c2cc(F)c(F)c(F)c2)cc2ccccc12. The highest BCUT2D eigenvalue weighted by Crippen LogP contribution is 2.20. The molecule has 0 amide bonds. The fourth-order valence-corrected chi connectivity index (χ4v) is 2.66. The van der Waals surface area contributed by atoms with Gasteiger partial charge in [0, 0.05) is 17.6 Å². The Morgan fingerprint density at radius 1 is 1.08 bits per heavy atom. The molecule has 2 aromatic carbocycles. The zero-order valence-corrected chi connectivity index (χ0v) is 13.0. The van der Waals surface area contributed by atoms with E-state index in [2.05, 4.69) is 10.3 Å². The van der Waals surface area contributed by atoms with Gasteiger partial charge in [-0.15, -0.1) is 0 Å². The lowest BCUT2D eigenvalue weighted by Gasteiger charge is -2.17.